The first-order valence-corrected chi connectivity index (χ1v) is 8.80. The van der Waals surface area contributed by atoms with Crippen molar-refractivity contribution in [2.45, 2.75) is 27.2 Å². The summed E-state index contributed by atoms with van der Waals surface area (Å²) in [4.78, 5) is 25.6. The van der Waals surface area contributed by atoms with Gasteiger partial charge >= 0.3 is 5.97 Å². The van der Waals surface area contributed by atoms with Gasteiger partial charge in [-0.2, -0.15) is 0 Å². The van der Waals surface area contributed by atoms with Crippen LogP contribution in [-0.4, -0.2) is 68.0 Å². The Morgan fingerprint density at radius 1 is 1.15 bits per heavy atom. The van der Waals surface area contributed by atoms with Crippen LogP contribution in [0.2, 0.25) is 0 Å². The summed E-state index contributed by atoms with van der Waals surface area (Å²) in [5, 5.41) is 8.75. The van der Waals surface area contributed by atoms with Gasteiger partial charge in [-0.05, 0) is 38.0 Å². The van der Waals surface area contributed by atoms with Crippen molar-refractivity contribution >= 4 is 11.9 Å². The number of amides is 1. The van der Waals surface area contributed by atoms with E-state index in [-0.39, 0.29) is 51.3 Å². The Morgan fingerprint density at radius 3 is 2.62 bits per heavy atom. The molecular weight excluding hydrogens is 338 g/mol. The first-order valence-electron chi connectivity index (χ1n) is 8.80. The second kappa shape index (κ2) is 12.3. The lowest BCUT2D eigenvalue weighted by atomic mass is 10.1. The van der Waals surface area contributed by atoms with E-state index in [0.717, 1.165) is 11.1 Å². The summed E-state index contributed by atoms with van der Waals surface area (Å²) >= 11 is 0. The molecule has 0 aliphatic rings. The van der Waals surface area contributed by atoms with Gasteiger partial charge in [0.05, 0.1) is 32.8 Å². The number of benzene rings is 1. The highest BCUT2D eigenvalue weighted by Crippen LogP contribution is 2.20. The number of aliphatic hydroxyl groups is 1. The van der Waals surface area contributed by atoms with Gasteiger partial charge in [-0.25, -0.2) is 0 Å². The fourth-order valence-corrected chi connectivity index (χ4v) is 2.27. The number of rotatable bonds is 12. The maximum atomic E-state index is 12.5. The summed E-state index contributed by atoms with van der Waals surface area (Å²) in [6.07, 6.45) is 0.114. The molecule has 0 fully saturated rings. The molecule has 1 aromatic rings. The number of aliphatic hydroxyl groups excluding tert-OH is 1. The van der Waals surface area contributed by atoms with Gasteiger partial charge in [-0.3, -0.25) is 9.59 Å². The second-order valence-electron chi connectivity index (χ2n) is 5.76. The van der Waals surface area contributed by atoms with Crippen LogP contribution in [0.15, 0.2) is 18.2 Å². The van der Waals surface area contributed by atoms with Gasteiger partial charge < -0.3 is 24.2 Å². The molecule has 0 atom stereocenters. The van der Waals surface area contributed by atoms with Crippen molar-refractivity contribution < 1.29 is 28.9 Å². The van der Waals surface area contributed by atoms with Crippen molar-refractivity contribution in [3.8, 4) is 5.75 Å². The Kier molecular flexibility index (Phi) is 10.3. The van der Waals surface area contributed by atoms with Crippen molar-refractivity contribution in [2.24, 2.45) is 0 Å². The van der Waals surface area contributed by atoms with Crippen molar-refractivity contribution in [2.75, 3.05) is 46.1 Å². The third-order valence-corrected chi connectivity index (χ3v) is 3.89. The topological polar surface area (TPSA) is 85.3 Å². The predicted octanol–water partition coefficient (Wildman–Crippen LogP) is 1.47. The van der Waals surface area contributed by atoms with Crippen LogP contribution in [0.1, 0.15) is 24.5 Å². The number of ether oxygens (including phenoxy) is 3. The highest BCUT2D eigenvalue weighted by atomic mass is 16.5. The van der Waals surface area contributed by atoms with E-state index >= 15 is 0 Å². The van der Waals surface area contributed by atoms with Gasteiger partial charge in [-0.1, -0.05) is 12.1 Å². The average molecular weight is 367 g/mol. The van der Waals surface area contributed by atoms with Crippen LogP contribution in [0.3, 0.4) is 0 Å². The Bertz CT molecular complexity index is 575. The van der Waals surface area contributed by atoms with Crippen molar-refractivity contribution in [1.82, 2.24) is 4.90 Å². The Labute approximate surface area is 154 Å². The summed E-state index contributed by atoms with van der Waals surface area (Å²) in [7, 11) is 0. The number of hydrogen-bond acceptors (Lipinski definition) is 6. The second-order valence-corrected chi connectivity index (χ2v) is 5.76. The predicted molar refractivity (Wildman–Crippen MR) is 97.1 cm³/mol. The summed E-state index contributed by atoms with van der Waals surface area (Å²) in [6.45, 7) is 6.80. The summed E-state index contributed by atoms with van der Waals surface area (Å²) < 4.78 is 15.8. The Morgan fingerprint density at radius 2 is 1.92 bits per heavy atom. The first kappa shape index (κ1) is 21.9. The molecule has 7 heteroatoms. The normalized spacial score (nSPS) is 10.5. The van der Waals surface area contributed by atoms with E-state index in [4.69, 9.17) is 19.3 Å². The molecule has 146 valence electrons. The minimum atomic E-state index is -0.350. The smallest absolute Gasteiger partial charge is 0.307 e. The van der Waals surface area contributed by atoms with E-state index in [1.807, 2.05) is 32.0 Å². The maximum Gasteiger partial charge on any atom is 0.307 e. The molecule has 0 heterocycles. The SMILES string of the molecule is CCOC(=O)CCN(CCOCCO)C(=O)COc1cccc(C)c1C. The van der Waals surface area contributed by atoms with Gasteiger partial charge in [-0.15, -0.1) is 0 Å². The van der Waals surface area contributed by atoms with E-state index in [2.05, 4.69) is 0 Å². The molecule has 0 aliphatic heterocycles. The lowest BCUT2D eigenvalue weighted by Gasteiger charge is -2.22. The van der Waals surface area contributed by atoms with E-state index in [1.54, 1.807) is 6.92 Å². The molecule has 0 unspecified atom stereocenters. The lowest BCUT2D eigenvalue weighted by molar-refractivity contribution is -0.144. The van der Waals surface area contributed by atoms with Gasteiger partial charge in [0.25, 0.3) is 5.91 Å². The number of aryl methyl sites for hydroxylation is 1. The molecule has 0 saturated carbocycles. The highest BCUT2D eigenvalue weighted by molar-refractivity contribution is 5.78. The molecule has 1 amide bonds. The molecule has 0 spiro atoms. The van der Waals surface area contributed by atoms with Crippen LogP contribution in [0.5, 0.6) is 5.75 Å². The third kappa shape index (κ3) is 7.84. The largest absolute Gasteiger partial charge is 0.483 e. The fraction of sp³-hybridized carbons (Fsp3) is 0.579. The van der Waals surface area contributed by atoms with Gasteiger partial charge in [0.15, 0.2) is 6.61 Å². The van der Waals surface area contributed by atoms with Crippen molar-refractivity contribution in [3.05, 3.63) is 29.3 Å². The summed E-state index contributed by atoms with van der Waals surface area (Å²) in [5.41, 5.74) is 2.08. The molecule has 7 nitrogen and oxygen atoms in total. The molecule has 0 aliphatic carbocycles. The summed E-state index contributed by atoms with van der Waals surface area (Å²) in [6, 6.07) is 5.68. The van der Waals surface area contributed by atoms with Crippen LogP contribution in [0, 0.1) is 13.8 Å². The van der Waals surface area contributed by atoms with Crippen LogP contribution in [0.4, 0.5) is 0 Å². The summed E-state index contributed by atoms with van der Waals surface area (Å²) in [5.74, 6) is 0.0834. The molecule has 0 saturated heterocycles. The molecule has 1 rings (SSSR count). The van der Waals surface area contributed by atoms with Crippen LogP contribution in [0.25, 0.3) is 0 Å². The van der Waals surface area contributed by atoms with E-state index in [1.165, 1.54) is 4.90 Å². The molecular formula is C19H29NO6. The Hall–Kier alpha value is -2.12. The van der Waals surface area contributed by atoms with Crippen LogP contribution >= 0.6 is 0 Å². The molecule has 0 bridgehead atoms. The minimum absolute atomic E-state index is 0.0769. The zero-order chi connectivity index (χ0) is 19.4. The van der Waals surface area contributed by atoms with Gasteiger partial charge in [0.1, 0.15) is 5.75 Å². The number of hydrogen-bond donors (Lipinski definition) is 1. The minimum Gasteiger partial charge on any atom is -0.483 e. The fourth-order valence-electron chi connectivity index (χ4n) is 2.27. The number of esters is 1. The molecule has 0 radical (unpaired) electrons. The first-order chi connectivity index (χ1) is 12.5. The molecule has 26 heavy (non-hydrogen) atoms. The van der Waals surface area contributed by atoms with Crippen molar-refractivity contribution in [1.29, 1.82) is 0 Å². The van der Waals surface area contributed by atoms with E-state index in [9.17, 15) is 9.59 Å². The molecule has 0 aromatic heterocycles. The number of carbonyl (C=O) groups excluding carboxylic acids is 2. The van der Waals surface area contributed by atoms with Gasteiger partial charge in [0, 0.05) is 13.1 Å². The average Bonchev–Trinajstić information content (AvgIpc) is 2.62. The number of carbonyl (C=O) groups is 2. The standard InChI is InChI=1S/C19H29NO6/c1-4-25-19(23)8-9-20(10-12-24-13-11-21)18(22)14-26-17-7-5-6-15(2)16(17)3/h5-7,21H,4,8-14H2,1-3H3. The van der Waals surface area contributed by atoms with E-state index in [0.29, 0.717) is 18.9 Å². The van der Waals surface area contributed by atoms with Crippen LogP contribution < -0.4 is 4.74 Å². The third-order valence-electron chi connectivity index (χ3n) is 3.89. The van der Waals surface area contributed by atoms with Crippen molar-refractivity contribution in [3.63, 3.8) is 0 Å². The monoisotopic (exact) mass is 367 g/mol. The Balaban J connectivity index is 2.60. The van der Waals surface area contributed by atoms with Crippen LogP contribution in [-0.2, 0) is 19.1 Å². The zero-order valence-corrected chi connectivity index (χ0v) is 15.8. The van der Waals surface area contributed by atoms with E-state index < -0.39 is 0 Å². The molecule has 1 aromatic carbocycles. The zero-order valence-electron chi connectivity index (χ0n) is 15.8. The number of nitrogens with zero attached hydrogens (tertiary/aromatic N) is 1. The van der Waals surface area contributed by atoms with Gasteiger partial charge in [0.2, 0.25) is 0 Å². The lowest BCUT2D eigenvalue weighted by Crippen LogP contribution is -2.39. The molecule has 1 N–H and O–H groups in total. The highest BCUT2D eigenvalue weighted by Gasteiger charge is 2.17. The quantitative estimate of drug-likeness (QED) is 0.445. The maximum absolute atomic E-state index is 12.5.